The van der Waals surface area contributed by atoms with Gasteiger partial charge in [-0.3, -0.25) is 23.4 Å². The van der Waals surface area contributed by atoms with E-state index in [0.717, 1.165) is 89.9 Å². The van der Waals surface area contributed by atoms with Gasteiger partial charge in [0.1, 0.15) is 12.7 Å². The highest BCUT2D eigenvalue weighted by Gasteiger charge is 2.28. The number of esters is 3. The molecule has 11 nitrogen and oxygen atoms in total. The number of unbranched alkanes of at least 4 members (excludes halogenated alkanes) is 34. The molecular formula is C64H117O11P. The standard InChI is InChI=1S/C64H117O11P/c1-4-7-10-13-16-19-22-24-26-28-30-32-34-36-39-42-45-48-51-54-63(67)74-60(56-65)58-72-76(69,70)73-59-61(57-71-62(66)53-50-47-44-41-38-21-18-15-12-9-6-3)75-64(68)55-52-49-46-43-40-37-35-33-31-29-27-25-23-20-17-14-11-8-5-2/h15,17-18,20,24-27,60-61,65H,4-14,16,19,21-23,28-59H2,1-3H3,(H,69,70)/b18-15-,20-17-,26-24-,27-25-. The van der Waals surface area contributed by atoms with Crippen molar-refractivity contribution < 1.29 is 52.2 Å². The van der Waals surface area contributed by atoms with Crippen LogP contribution < -0.4 is 0 Å². The van der Waals surface area contributed by atoms with E-state index in [9.17, 15) is 28.9 Å². The predicted molar refractivity (Wildman–Crippen MR) is 316 cm³/mol. The van der Waals surface area contributed by atoms with Crippen LogP contribution in [0.15, 0.2) is 48.6 Å². The molecule has 0 aliphatic rings. The third kappa shape index (κ3) is 56.2. The Morgan fingerprint density at radius 1 is 0.368 bits per heavy atom. The van der Waals surface area contributed by atoms with Crippen molar-refractivity contribution in [3.63, 3.8) is 0 Å². The summed E-state index contributed by atoms with van der Waals surface area (Å²) in [5.74, 6) is -1.47. The molecular weight excluding hydrogens is 976 g/mol. The van der Waals surface area contributed by atoms with Crippen molar-refractivity contribution in [2.45, 2.75) is 315 Å². The van der Waals surface area contributed by atoms with Crippen LogP contribution in [0.4, 0.5) is 0 Å². The quantitative estimate of drug-likeness (QED) is 0.0197. The minimum Gasteiger partial charge on any atom is -0.462 e. The van der Waals surface area contributed by atoms with Crippen LogP contribution in [0.3, 0.4) is 0 Å². The molecule has 0 saturated carbocycles. The van der Waals surface area contributed by atoms with Gasteiger partial charge < -0.3 is 24.2 Å². The van der Waals surface area contributed by atoms with Gasteiger partial charge in [-0.25, -0.2) is 4.57 Å². The number of aliphatic hydroxyl groups is 1. The van der Waals surface area contributed by atoms with Crippen LogP contribution in [0.5, 0.6) is 0 Å². The lowest BCUT2D eigenvalue weighted by Crippen LogP contribution is -2.30. The number of hydrogen-bond acceptors (Lipinski definition) is 10. The summed E-state index contributed by atoms with van der Waals surface area (Å²) in [7, 11) is -4.75. The lowest BCUT2D eigenvalue weighted by molar-refractivity contribution is -0.161. The molecule has 0 radical (unpaired) electrons. The van der Waals surface area contributed by atoms with Crippen LogP contribution in [-0.2, 0) is 42.2 Å². The molecule has 3 atom stereocenters. The zero-order chi connectivity index (χ0) is 55.5. The summed E-state index contributed by atoms with van der Waals surface area (Å²) >= 11 is 0. The van der Waals surface area contributed by atoms with Gasteiger partial charge >= 0.3 is 25.7 Å². The van der Waals surface area contributed by atoms with E-state index in [1.165, 1.54) is 154 Å². The summed E-state index contributed by atoms with van der Waals surface area (Å²) in [4.78, 5) is 48.6. The summed E-state index contributed by atoms with van der Waals surface area (Å²) in [5, 5.41) is 9.84. The first kappa shape index (κ1) is 73.4. The number of rotatable bonds is 59. The van der Waals surface area contributed by atoms with Crippen LogP contribution in [0, 0.1) is 0 Å². The van der Waals surface area contributed by atoms with E-state index in [1.54, 1.807) is 0 Å². The zero-order valence-corrected chi connectivity index (χ0v) is 50.1. The number of phosphoric ester groups is 1. The first-order valence-corrected chi connectivity index (χ1v) is 33.0. The Morgan fingerprint density at radius 3 is 1.05 bits per heavy atom. The molecule has 0 rings (SSSR count). The zero-order valence-electron chi connectivity index (χ0n) is 49.2. The average Bonchev–Trinajstić information content (AvgIpc) is 3.41. The van der Waals surface area contributed by atoms with E-state index in [1.807, 2.05) is 0 Å². The SMILES string of the molecule is CCCC/C=C\CCCCCCCC(=O)OCC(COP(=O)(O)OCC(CO)OC(=O)CCCCCCCCCCC/C=C\CCCCCCCC)OC(=O)CCCCCCCCCCC/C=C\C/C=C\CCCCC. The van der Waals surface area contributed by atoms with Crippen molar-refractivity contribution >= 4 is 25.7 Å². The van der Waals surface area contributed by atoms with Crippen molar-refractivity contribution in [2.24, 2.45) is 0 Å². The third-order valence-electron chi connectivity index (χ3n) is 13.7. The highest BCUT2D eigenvalue weighted by molar-refractivity contribution is 7.47. The lowest BCUT2D eigenvalue weighted by Gasteiger charge is -2.21. The van der Waals surface area contributed by atoms with Gasteiger partial charge in [0.25, 0.3) is 0 Å². The fourth-order valence-electron chi connectivity index (χ4n) is 8.83. The summed E-state index contributed by atoms with van der Waals surface area (Å²) in [6.07, 6.45) is 63.5. The molecule has 3 unspecified atom stereocenters. The number of carbonyl (C=O) groups is 3. The Hall–Kier alpha value is -2.56. The number of aliphatic hydroxyl groups excluding tert-OH is 1. The molecule has 0 aromatic rings. The number of phosphoric acid groups is 1. The van der Waals surface area contributed by atoms with Gasteiger partial charge in [0.15, 0.2) is 6.10 Å². The Morgan fingerprint density at radius 2 is 0.658 bits per heavy atom. The van der Waals surface area contributed by atoms with E-state index in [4.69, 9.17) is 23.3 Å². The summed E-state index contributed by atoms with van der Waals surface area (Å²) in [6, 6.07) is 0. The molecule has 0 heterocycles. The smallest absolute Gasteiger partial charge is 0.462 e. The van der Waals surface area contributed by atoms with Crippen LogP contribution in [0.25, 0.3) is 0 Å². The van der Waals surface area contributed by atoms with Gasteiger partial charge in [-0.05, 0) is 96.3 Å². The van der Waals surface area contributed by atoms with E-state index in [0.29, 0.717) is 19.3 Å². The van der Waals surface area contributed by atoms with Crippen LogP contribution in [-0.4, -0.2) is 66.5 Å². The van der Waals surface area contributed by atoms with Gasteiger partial charge in [0, 0.05) is 19.3 Å². The summed E-state index contributed by atoms with van der Waals surface area (Å²) < 4.78 is 39.6. The van der Waals surface area contributed by atoms with Crippen LogP contribution >= 0.6 is 7.82 Å². The van der Waals surface area contributed by atoms with E-state index in [-0.39, 0.29) is 25.9 Å². The first-order valence-electron chi connectivity index (χ1n) is 31.5. The van der Waals surface area contributed by atoms with E-state index in [2.05, 4.69) is 69.4 Å². The molecule has 0 amide bonds. The van der Waals surface area contributed by atoms with Gasteiger partial charge in [-0.15, -0.1) is 0 Å². The minimum absolute atomic E-state index is 0.163. The van der Waals surface area contributed by atoms with E-state index < -0.39 is 57.8 Å². The largest absolute Gasteiger partial charge is 0.472 e. The molecule has 0 aromatic carbocycles. The normalized spacial score (nSPS) is 13.6. The van der Waals surface area contributed by atoms with Gasteiger partial charge in [-0.2, -0.15) is 0 Å². The molecule has 0 aliphatic carbocycles. The third-order valence-corrected chi connectivity index (χ3v) is 14.6. The summed E-state index contributed by atoms with van der Waals surface area (Å²) in [6.45, 7) is 4.61. The van der Waals surface area contributed by atoms with Crippen molar-refractivity contribution in [1.29, 1.82) is 0 Å². The Bertz CT molecular complexity index is 1460. The molecule has 0 spiro atoms. The minimum atomic E-state index is -4.75. The molecule has 444 valence electrons. The number of hydrogen-bond donors (Lipinski definition) is 2. The fourth-order valence-corrected chi connectivity index (χ4v) is 9.62. The molecule has 0 fully saturated rings. The number of carbonyl (C=O) groups excluding carboxylic acids is 3. The average molecular weight is 1090 g/mol. The number of ether oxygens (including phenoxy) is 3. The first-order chi connectivity index (χ1) is 37.2. The molecule has 0 bridgehead atoms. The highest BCUT2D eigenvalue weighted by Crippen LogP contribution is 2.43. The second kappa shape index (κ2) is 58.6. The Labute approximate surface area is 466 Å². The second-order valence-electron chi connectivity index (χ2n) is 21.2. The molecule has 2 N–H and O–H groups in total. The van der Waals surface area contributed by atoms with Gasteiger partial charge in [-0.1, -0.05) is 236 Å². The topological polar surface area (TPSA) is 155 Å². The highest BCUT2D eigenvalue weighted by atomic mass is 31.2. The Kier molecular flexibility index (Phi) is 56.6. The maximum Gasteiger partial charge on any atom is 0.472 e. The molecule has 0 aromatic heterocycles. The summed E-state index contributed by atoms with van der Waals surface area (Å²) in [5.41, 5.74) is 0. The van der Waals surface area contributed by atoms with Crippen LogP contribution in [0.2, 0.25) is 0 Å². The maximum absolute atomic E-state index is 12.9. The predicted octanol–water partition coefficient (Wildman–Crippen LogP) is 18.9. The molecule has 0 aliphatic heterocycles. The Balaban J connectivity index is 4.60. The van der Waals surface area contributed by atoms with Gasteiger partial charge in [0.2, 0.25) is 0 Å². The van der Waals surface area contributed by atoms with Crippen LogP contribution in [0.1, 0.15) is 303 Å². The van der Waals surface area contributed by atoms with Crippen molar-refractivity contribution in [1.82, 2.24) is 0 Å². The fraction of sp³-hybridized carbons (Fsp3) is 0.828. The second-order valence-corrected chi connectivity index (χ2v) is 22.7. The molecule has 76 heavy (non-hydrogen) atoms. The van der Waals surface area contributed by atoms with E-state index >= 15 is 0 Å². The monoisotopic (exact) mass is 1090 g/mol. The number of allylic oxidation sites excluding steroid dienone is 8. The van der Waals surface area contributed by atoms with Crippen molar-refractivity contribution in [3.8, 4) is 0 Å². The van der Waals surface area contributed by atoms with Crippen molar-refractivity contribution in [3.05, 3.63) is 48.6 Å². The maximum atomic E-state index is 12.9. The van der Waals surface area contributed by atoms with Crippen molar-refractivity contribution in [2.75, 3.05) is 26.4 Å². The molecule has 0 saturated heterocycles. The molecule has 12 heteroatoms. The lowest BCUT2D eigenvalue weighted by atomic mass is 10.1. The van der Waals surface area contributed by atoms with Gasteiger partial charge in [0.05, 0.1) is 19.8 Å².